The Morgan fingerprint density at radius 1 is 0.882 bits per heavy atom. The third-order valence-corrected chi connectivity index (χ3v) is 5.94. The molecule has 7 nitrogen and oxygen atoms in total. The van der Waals surface area contributed by atoms with Gasteiger partial charge in [-0.05, 0) is 92.4 Å². The second-order valence-corrected chi connectivity index (χ2v) is 8.49. The van der Waals surface area contributed by atoms with Gasteiger partial charge in [-0.15, -0.1) is 0 Å². The quantitative estimate of drug-likeness (QED) is 0.342. The number of amides is 1. The summed E-state index contributed by atoms with van der Waals surface area (Å²) in [6.07, 6.45) is 0. The average molecular weight is 457 g/mol. The van der Waals surface area contributed by atoms with Crippen LogP contribution in [0.3, 0.4) is 0 Å². The van der Waals surface area contributed by atoms with Crippen molar-refractivity contribution in [2.75, 3.05) is 24.3 Å². The molecule has 0 aliphatic rings. The minimum atomic E-state index is -0.325. The van der Waals surface area contributed by atoms with Crippen LogP contribution in [0.25, 0.3) is 22.4 Å². The minimum Gasteiger partial charge on any atom is -0.468 e. The average Bonchev–Trinajstić information content (AvgIpc) is 3.22. The molecule has 174 valence electrons. The van der Waals surface area contributed by atoms with Crippen LogP contribution in [0.15, 0.2) is 48.5 Å². The minimum absolute atomic E-state index is 0.104. The third kappa shape index (κ3) is 4.78. The summed E-state index contributed by atoms with van der Waals surface area (Å²) in [4.78, 5) is 32.4. The smallest absolute Gasteiger partial charge is 0.325 e. The number of aromatic nitrogens is 2. The van der Waals surface area contributed by atoms with E-state index in [1.807, 2.05) is 64.1 Å². The molecule has 4 aromatic rings. The van der Waals surface area contributed by atoms with E-state index in [-0.39, 0.29) is 18.4 Å². The Labute approximate surface area is 198 Å². The van der Waals surface area contributed by atoms with E-state index >= 15 is 0 Å². The zero-order valence-electron chi connectivity index (χ0n) is 20.0. The Hall–Kier alpha value is -4.13. The molecule has 7 heteroatoms. The summed E-state index contributed by atoms with van der Waals surface area (Å²) in [7, 11) is 1.36. The van der Waals surface area contributed by atoms with Crippen LogP contribution in [0.2, 0.25) is 0 Å². The number of esters is 1. The van der Waals surface area contributed by atoms with E-state index in [0.717, 1.165) is 50.5 Å². The lowest BCUT2D eigenvalue weighted by atomic mass is 10.0. The number of anilines is 2. The first-order chi connectivity index (χ1) is 16.2. The molecule has 34 heavy (non-hydrogen) atoms. The summed E-state index contributed by atoms with van der Waals surface area (Å²) in [6, 6.07) is 15.3. The molecule has 0 bridgehead atoms. The van der Waals surface area contributed by atoms with Crippen LogP contribution < -0.4 is 10.6 Å². The number of hydrogen-bond acceptors (Lipinski definition) is 5. The number of aryl methyl sites for hydroxylation is 4. The van der Waals surface area contributed by atoms with Crippen LogP contribution in [-0.4, -0.2) is 35.5 Å². The van der Waals surface area contributed by atoms with Gasteiger partial charge in [-0.3, -0.25) is 9.59 Å². The van der Waals surface area contributed by atoms with Crippen molar-refractivity contribution in [3.05, 3.63) is 76.3 Å². The molecule has 3 aromatic carbocycles. The predicted octanol–water partition coefficient (Wildman–Crippen LogP) is 5.30. The van der Waals surface area contributed by atoms with Crippen LogP contribution in [0.1, 0.15) is 32.6 Å². The Kier molecular flexibility index (Phi) is 6.36. The van der Waals surface area contributed by atoms with Crippen molar-refractivity contribution in [3.63, 3.8) is 0 Å². The third-order valence-electron chi connectivity index (χ3n) is 5.94. The monoisotopic (exact) mass is 456 g/mol. The zero-order chi connectivity index (χ0) is 24.4. The van der Waals surface area contributed by atoms with Gasteiger partial charge in [0.2, 0.25) is 0 Å². The topological polar surface area (TPSA) is 96.1 Å². The van der Waals surface area contributed by atoms with Gasteiger partial charge in [0, 0.05) is 22.5 Å². The Balaban J connectivity index is 1.59. The summed E-state index contributed by atoms with van der Waals surface area (Å²) in [5, 5.41) is 6.04. The molecular weight excluding hydrogens is 428 g/mol. The highest BCUT2D eigenvalue weighted by atomic mass is 16.5. The van der Waals surface area contributed by atoms with E-state index in [2.05, 4.69) is 20.4 Å². The molecule has 1 aromatic heterocycles. The first-order valence-corrected chi connectivity index (χ1v) is 11.1. The van der Waals surface area contributed by atoms with Crippen LogP contribution >= 0.6 is 0 Å². The molecule has 1 heterocycles. The van der Waals surface area contributed by atoms with Gasteiger partial charge in [-0.1, -0.05) is 6.07 Å². The molecule has 1 amide bonds. The van der Waals surface area contributed by atoms with Crippen molar-refractivity contribution in [1.82, 2.24) is 9.97 Å². The summed E-state index contributed by atoms with van der Waals surface area (Å²) >= 11 is 0. The zero-order valence-corrected chi connectivity index (χ0v) is 20.0. The molecule has 0 aliphatic heterocycles. The summed E-state index contributed by atoms with van der Waals surface area (Å²) < 4.78 is 4.68. The fourth-order valence-electron chi connectivity index (χ4n) is 3.97. The van der Waals surface area contributed by atoms with Crippen LogP contribution in [-0.2, 0) is 9.53 Å². The van der Waals surface area contributed by atoms with E-state index < -0.39 is 0 Å². The van der Waals surface area contributed by atoms with E-state index in [1.165, 1.54) is 12.7 Å². The maximum Gasteiger partial charge on any atom is 0.325 e. The van der Waals surface area contributed by atoms with Gasteiger partial charge in [0.25, 0.3) is 5.91 Å². The summed E-state index contributed by atoms with van der Waals surface area (Å²) in [5.41, 5.74) is 9.04. The number of ether oxygens (including phenoxy) is 1. The van der Waals surface area contributed by atoms with Crippen LogP contribution in [0.4, 0.5) is 11.4 Å². The lowest BCUT2D eigenvalue weighted by Crippen LogP contribution is -2.15. The Morgan fingerprint density at radius 3 is 2.26 bits per heavy atom. The fraction of sp³-hybridized carbons (Fsp3) is 0.222. The van der Waals surface area contributed by atoms with Crippen LogP contribution in [0.5, 0.6) is 0 Å². The molecular formula is C27H28N4O3. The maximum atomic E-state index is 12.8. The summed E-state index contributed by atoms with van der Waals surface area (Å²) in [5.74, 6) is 0.230. The lowest BCUT2D eigenvalue weighted by molar-refractivity contribution is -0.138. The standard InChI is InChI=1S/C27H28N4O3/c1-15-6-8-20(10-16(15)2)29-27(33)19-7-9-22-23(13-19)31-26(30-22)25-17(3)11-21(12-18(25)4)28-14-24(32)34-5/h6-13,28H,14H2,1-5H3,(H,29,33)(H,30,31). The van der Waals surface area contributed by atoms with Gasteiger partial charge in [0.1, 0.15) is 12.4 Å². The fourth-order valence-corrected chi connectivity index (χ4v) is 3.97. The van der Waals surface area contributed by atoms with Crippen molar-refractivity contribution in [1.29, 1.82) is 0 Å². The van der Waals surface area contributed by atoms with Crippen LogP contribution in [0, 0.1) is 27.7 Å². The van der Waals surface area contributed by atoms with Gasteiger partial charge in [-0.2, -0.15) is 0 Å². The number of nitrogens with one attached hydrogen (secondary N) is 3. The number of H-pyrrole nitrogens is 1. The highest BCUT2D eigenvalue weighted by Gasteiger charge is 2.15. The molecule has 3 N–H and O–H groups in total. The van der Waals surface area contributed by atoms with Gasteiger partial charge >= 0.3 is 5.97 Å². The molecule has 0 saturated carbocycles. The number of imidazole rings is 1. The lowest BCUT2D eigenvalue weighted by Gasteiger charge is -2.12. The molecule has 0 fully saturated rings. The Morgan fingerprint density at radius 2 is 1.59 bits per heavy atom. The second kappa shape index (κ2) is 9.39. The predicted molar refractivity (Wildman–Crippen MR) is 135 cm³/mol. The van der Waals surface area contributed by atoms with E-state index in [4.69, 9.17) is 4.98 Å². The molecule has 0 unspecified atom stereocenters. The second-order valence-electron chi connectivity index (χ2n) is 8.49. The number of fused-ring (bicyclic) bond motifs is 1. The SMILES string of the molecule is COC(=O)CNc1cc(C)c(-c2nc3cc(C(=O)Nc4ccc(C)c(C)c4)ccc3[nH]2)c(C)c1. The van der Waals surface area contributed by atoms with Gasteiger partial charge in [-0.25, -0.2) is 4.98 Å². The van der Waals surface area contributed by atoms with Crippen molar-refractivity contribution in [3.8, 4) is 11.4 Å². The molecule has 0 spiro atoms. The molecule has 0 radical (unpaired) electrons. The number of nitrogens with zero attached hydrogens (tertiary/aromatic N) is 1. The van der Waals surface area contributed by atoms with E-state index in [1.54, 1.807) is 12.1 Å². The first-order valence-electron chi connectivity index (χ1n) is 11.1. The van der Waals surface area contributed by atoms with Gasteiger partial charge in [0.15, 0.2) is 0 Å². The maximum absolute atomic E-state index is 12.8. The number of hydrogen-bond donors (Lipinski definition) is 3. The number of aromatic amines is 1. The van der Waals surface area contributed by atoms with Crippen molar-refractivity contribution >= 4 is 34.3 Å². The van der Waals surface area contributed by atoms with Gasteiger partial charge < -0.3 is 20.4 Å². The number of rotatable bonds is 6. The Bertz CT molecular complexity index is 1380. The number of carbonyl (C=O) groups is 2. The summed E-state index contributed by atoms with van der Waals surface area (Å²) in [6.45, 7) is 8.17. The van der Waals surface area contributed by atoms with E-state index in [0.29, 0.717) is 5.56 Å². The number of methoxy groups -OCH3 is 1. The number of carbonyl (C=O) groups excluding carboxylic acids is 2. The molecule has 0 saturated heterocycles. The highest BCUT2D eigenvalue weighted by Crippen LogP contribution is 2.30. The highest BCUT2D eigenvalue weighted by molar-refractivity contribution is 6.06. The van der Waals surface area contributed by atoms with Crippen molar-refractivity contribution in [2.24, 2.45) is 0 Å². The first kappa shape index (κ1) is 23.0. The largest absolute Gasteiger partial charge is 0.468 e. The normalized spacial score (nSPS) is 10.9. The molecule has 0 aliphatic carbocycles. The molecule has 0 atom stereocenters. The van der Waals surface area contributed by atoms with Crippen molar-refractivity contribution in [2.45, 2.75) is 27.7 Å². The van der Waals surface area contributed by atoms with E-state index in [9.17, 15) is 9.59 Å². The van der Waals surface area contributed by atoms with Crippen molar-refractivity contribution < 1.29 is 14.3 Å². The number of benzene rings is 3. The van der Waals surface area contributed by atoms with Gasteiger partial charge in [0.05, 0.1) is 18.1 Å². The molecule has 4 rings (SSSR count).